The van der Waals surface area contributed by atoms with E-state index in [2.05, 4.69) is 5.32 Å². The molecule has 0 rings (SSSR count). The Labute approximate surface area is 89.7 Å². The van der Waals surface area contributed by atoms with Crippen LogP contribution in [0.4, 0.5) is 0 Å². The van der Waals surface area contributed by atoms with Crippen LogP contribution in [0.2, 0.25) is 0 Å². The topological polar surface area (TPSA) is 49.3 Å². The highest BCUT2D eigenvalue weighted by atomic mass is 32.2. The fourth-order valence-corrected chi connectivity index (χ4v) is 1.40. The summed E-state index contributed by atoms with van der Waals surface area (Å²) in [5.41, 5.74) is -0.0609. The summed E-state index contributed by atoms with van der Waals surface area (Å²) in [5, 5.41) is 12.5. The van der Waals surface area contributed by atoms with Crippen molar-refractivity contribution in [1.29, 1.82) is 0 Å². The van der Waals surface area contributed by atoms with Crippen molar-refractivity contribution < 1.29 is 9.32 Å². The Bertz CT molecular complexity index is 183. The van der Waals surface area contributed by atoms with Gasteiger partial charge in [0.05, 0.1) is 0 Å². The predicted molar refractivity (Wildman–Crippen MR) is 61.9 cm³/mol. The second kappa shape index (κ2) is 6.53. The Hall–Kier alpha value is 0.0700. The van der Waals surface area contributed by atoms with E-state index in [1.165, 1.54) is 0 Å². The van der Waals surface area contributed by atoms with Crippen LogP contribution in [0.3, 0.4) is 0 Å². The fourth-order valence-electron chi connectivity index (χ4n) is 0.954. The highest BCUT2D eigenvalue weighted by Crippen LogP contribution is 2.11. The summed E-state index contributed by atoms with van der Waals surface area (Å²) in [6, 6.07) is 0. The maximum atomic E-state index is 11.0. The van der Waals surface area contributed by atoms with Gasteiger partial charge >= 0.3 is 0 Å². The second-order valence-electron chi connectivity index (χ2n) is 4.60. The third-order valence-electron chi connectivity index (χ3n) is 2.33. The highest BCUT2D eigenvalue weighted by molar-refractivity contribution is 7.84. The maximum absolute atomic E-state index is 11.0. The molecule has 0 spiro atoms. The van der Waals surface area contributed by atoms with Crippen LogP contribution < -0.4 is 5.32 Å². The van der Waals surface area contributed by atoms with Crippen molar-refractivity contribution in [3.8, 4) is 0 Å². The molecule has 0 aliphatic heterocycles. The summed E-state index contributed by atoms with van der Waals surface area (Å²) >= 11 is 0. The van der Waals surface area contributed by atoms with E-state index in [0.29, 0.717) is 0 Å². The maximum Gasteiger partial charge on any atom is 0.0494 e. The van der Waals surface area contributed by atoms with Gasteiger partial charge in [-0.25, -0.2) is 0 Å². The van der Waals surface area contributed by atoms with Crippen molar-refractivity contribution in [1.82, 2.24) is 5.32 Å². The molecule has 0 saturated heterocycles. The molecule has 0 aliphatic rings. The molecular formula is C10H23NO2S. The number of rotatable bonds is 7. The van der Waals surface area contributed by atoms with Crippen molar-refractivity contribution in [2.75, 3.05) is 26.0 Å². The quantitative estimate of drug-likeness (QED) is 0.624. The lowest BCUT2D eigenvalue weighted by Crippen LogP contribution is -2.33. The molecule has 0 aliphatic carbocycles. The fraction of sp³-hybridized carbons (Fsp3) is 1.00. The Kier molecular flexibility index (Phi) is 6.57. The minimum Gasteiger partial charge on any atom is -0.396 e. The van der Waals surface area contributed by atoms with Crippen molar-refractivity contribution in [2.45, 2.75) is 32.4 Å². The van der Waals surface area contributed by atoms with Gasteiger partial charge in [0, 0.05) is 40.9 Å². The van der Waals surface area contributed by atoms with Gasteiger partial charge in [-0.05, 0) is 13.0 Å². The summed E-state index contributed by atoms with van der Waals surface area (Å²) < 4.78 is 11.0. The van der Waals surface area contributed by atoms with Gasteiger partial charge in [-0.1, -0.05) is 20.8 Å². The van der Waals surface area contributed by atoms with Gasteiger partial charge in [0.25, 0.3) is 0 Å². The molecule has 0 bridgehead atoms. The zero-order chi connectivity index (χ0) is 11.2. The highest BCUT2D eigenvalue weighted by Gasteiger charge is 2.15. The van der Waals surface area contributed by atoms with E-state index < -0.39 is 10.8 Å². The lowest BCUT2D eigenvalue weighted by atomic mass is 9.95. The molecule has 2 unspecified atom stereocenters. The van der Waals surface area contributed by atoms with Crippen LogP contribution in [0.1, 0.15) is 27.2 Å². The van der Waals surface area contributed by atoms with Gasteiger partial charge in [-0.15, -0.1) is 0 Å². The first-order valence-corrected chi connectivity index (χ1v) is 6.65. The molecule has 0 aromatic carbocycles. The van der Waals surface area contributed by atoms with Crippen molar-refractivity contribution in [3.63, 3.8) is 0 Å². The first kappa shape index (κ1) is 14.1. The Morgan fingerprint density at radius 2 is 2.07 bits per heavy atom. The minimum absolute atomic E-state index is 0.0609. The van der Waals surface area contributed by atoms with Crippen molar-refractivity contribution in [3.05, 3.63) is 0 Å². The standard InChI is InChI=1S/C10H23NO2S/c1-9(14(4)13)5-6-11-7-10(2,3)8-12/h9,11-12H,5-8H2,1-4H3. The van der Waals surface area contributed by atoms with Crippen molar-refractivity contribution >= 4 is 10.8 Å². The smallest absolute Gasteiger partial charge is 0.0494 e. The average molecular weight is 221 g/mol. The normalized spacial score (nSPS) is 16.6. The third kappa shape index (κ3) is 6.51. The monoisotopic (exact) mass is 221 g/mol. The number of aliphatic hydroxyl groups is 1. The van der Waals surface area contributed by atoms with Gasteiger partial charge in [0.1, 0.15) is 0 Å². The van der Waals surface area contributed by atoms with Crippen LogP contribution in [0.5, 0.6) is 0 Å². The summed E-state index contributed by atoms with van der Waals surface area (Å²) in [7, 11) is -0.726. The van der Waals surface area contributed by atoms with Crippen LogP contribution in [0, 0.1) is 5.41 Å². The van der Waals surface area contributed by atoms with E-state index in [1.54, 1.807) is 6.26 Å². The van der Waals surface area contributed by atoms with Gasteiger partial charge < -0.3 is 10.4 Å². The number of aliphatic hydroxyl groups excluding tert-OH is 1. The molecule has 0 heterocycles. The van der Waals surface area contributed by atoms with E-state index >= 15 is 0 Å². The Morgan fingerprint density at radius 3 is 2.50 bits per heavy atom. The van der Waals surface area contributed by atoms with Gasteiger partial charge in [-0.3, -0.25) is 4.21 Å². The van der Waals surface area contributed by atoms with Crippen LogP contribution in [0.25, 0.3) is 0 Å². The van der Waals surface area contributed by atoms with E-state index in [0.717, 1.165) is 19.5 Å². The SMILES string of the molecule is CC(CCNCC(C)(C)CO)S(C)=O. The van der Waals surface area contributed by atoms with Gasteiger partial charge in [0.15, 0.2) is 0 Å². The summed E-state index contributed by atoms with van der Waals surface area (Å²) in [4.78, 5) is 0. The molecular weight excluding hydrogens is 198 g/mol. The largest absolute Gasteiger partial charge is 0.396 e. The number of nitrogens with one attached hydrogen (secondary N) is 1. The van der Waals surface area contributed by atoms with Crippen LogP contribution in [-0.4, -0.2) is 40.5 Å². The Morgan fingerprint density at radius 1 is 1.50 bits per heavy atom. The molecule has 0 amide bonds. The van der Waals surface area contributed by atoms with E-state index in [9.17, 15) is 4.21 Å². The molecule has 0 fully saturated rings. The summed E-state index contributed by atoms with van der Waals surface area (Å²) in [5.74, 6) is 0. The first-order valence-electron chi connectivity index (χ1n) is 5.03. The third-order valence-corrected chi connectivity index (χ3v) is 3.69. The Balaban J connectivity index is 3.52. The van der Waals surface area contributed by atoms with Crippen LogP contribution in [0.15, 0.2) is 0 Å². The van der Waals surface area contributed by atoms with Gasteiger partial charge in [0.2, 0.25) is 0 Å². The minimum atomic E-state index is -0.726. The second-order valence-corrected chi connectivity index (χ2v) is 6.40. The van der Waals surface area contributed by atoms with Crippen molar-refractivity contribution in [2.24, 2.45) is 5.41 Å². The zero-order valence-electron chi connectivity index (χ0n) is 9.67. The molecule has 4 heteroatoms. The first-order chi connectivity index (χ1) is 6.39. The predicted octanol–water partition coefficient (Wildman–Crippen LogP) is 0.752. The molecule has 0 aromatic heterocycles. The molecule has 3 nitrogen and oxygen atoms in total. The van der Waals surface area contributed by atoms with Gasteiger partial charge in [-0.2, -0.15) is 0 Å². The van der Waals surface area contributed by atoms with Crippen LogP contribution in [-0.2, 0) is 10.8 Å². The van der Waals surface area contributed by atoms with E-state index in [-0.39, 0.29) is 17.3 Å². The van der Waals surface area contributed by atoms with E-state index in [1.807, 2.05) is 20.8 Å². The average Bonchev–Trinajstić information content (AvgIpc) is 2.12. The summed E-state index contributed by atoms with van der Waals surface area (Å²) in [6.45, 7) is 7.88. The summed E-state index contributed by atoms with van der Waals surface area (Å²) in [6.07, 6.45) is 2.66. The molecule has 2 N–H and O–H groups in total. The zero-order valence-corrected chi connectivity index (χ0v) is 10.5. The molecule has 14 heavy (non-hydrogen) atoms. The number of hydrogen-bond acceptors (Lipinski definition) is 3. The molecule has 86 valence electrons. The van der Waals surface area contributed by atoms with Crippen LogP contribution >= 0.6 is 0 Å². The molecule has 0 aromatic rings. The lowest BCUT2D eigenvalue weighted by Gasteiger charge is -2.22. The number of hydrogen-bond donors (Lipinski definition) is 2. The van der Waals surface area contributed by atoms with E-state index in [4.69, 9.17) is 5.11 Å². The molecule has 2 atom stereocenters. The lowest BCUT2D eigenvalue weighted by molar-refractivity contribution is 0.157. The molecule has 0 saturated carbocycles. The molecule has 0 radical (unpaired) electrons.